The minimum Gasteiger partial charge on any atom is -0.395 e. The molecule has 4 N–H and O–H groups in total. The molecule has 0 bridgehead atoms. The SMILES string of the molecule is Cc1cc(-c2ccnc3[nH]ccc23)ccc1S(=O)(=O)N[C@@H](CO)Cc1c[nH]c2ccccc12. The van der Waals surface area contributed by atoms with Gasteiger partial charge in [-0.2, -0.15) is 0 Å². The second-order valence-corrected chi connectivity index (χ2v) is 9.83. The largest absolute Gasteiger partial charge is 0.395 e. The van der Waals surface area contributed by atoms with Crippen LogP contribution in [0.5, 0.6) is 0 Å². The van der Waals surface area contributed by atoms with Crippen molar-refractivity contribution in [3.05, 3.63) is 84.3 Å². The molecule has 0 saturated heterocycles. The summed E-state index contributed by atoms with van der Waals surface area (Å²) < 4.78 is 29.1. The van der Waals surface area contributed by atoms with Crippen molar-refractivity contribution in [2.24, 2.45) is 0 Å². The van der Waals surface area contributed by atoms with Crippen LogP contribution >= 0.6 is 0 Å². The van der Waals surface area contributed by atoms with E-state index >= 15 is 0 Å². The fourth-order valence-electron chi connectivity index (χ4n) is 4.32. The van der Waals surface area contributed by atoms with Gasteiger partial charge in [0, 0.05) is 40.9 Å². The Bertz CT molecular complexity index is 1550. The topological polar surface area (TPSA) is 111 Å². The number of hydrogen-bond acceptors (Lipinski definition) is 4. The van der Waals surface area contributed by atoms with Crippen LogP contribution in [0.25, 0.3) is 33.1 Å². The Morgan fingerprint density at radius 3 is 2.73 bits per heavy atom. The van der Waals surface area contributed by atoms with E-state index in [1.165, 1.54) is 0 Å². The third-order valence-corrected chi connectivity index (χ3v) is 7.60. The number of aromatic amines is 2. The van der Waals surface area contributed by atoms with E-state index in [-0.39, 0.29) is 11.5 Å². The second-order valence-electron chi connectivity index (χ2n) is 8.14. The number of aromatic nitrogens is 3. The van der Waals surface area contributed by atoms with E-state index < -0.39 is 16.1 Å². The number of H-pyrrole nitrogens is 2. The number of fused-ring (bicyclic) bond motifs is 2. The van der Waals surface area contributed by atoms with Crippen LogP contribution in [0.3, 0.4) is 0 Å². The molecule has 8 heteroatoms. The zero-order valence-corrected chi connectivity index (χ0v) is 18.9. The molecule has 0 radical (unpaired) electrons. The molecule has 0 spiro atoms. The first-order chi connectivity index (χ1) is 16.0. The molecule has 5 aromatic rings. The van der Waals surface area contributed by atoms with Crippen molar-refractivity contribution in [3.63, 3.8) is 0 Å². The van der Waals surface area contributed by atoms with Gasteiger partial charge in [-0.1, -0.05) is 30.3 Å². The lowest BCUT2D eigenvalue weighted by Crippen LogP contribution is -2.39. The lowest BCUT2D eigenvalue weighted by Gasteiger charge is -2.18. The van der Waals surface area contributed by atoms with Crippen LogP contribution in [0.15, 0.2) is 78.1 Å². The molecule has 0 aliphatic heterocycles. The number of aliphatic hydroxyl groups excluding tert-OH is 1. The zero-order chi connectivity index (χ0) is 23.0. The molecule has 0 aliphatic rings. The van der Waals surface area contributed by atoms with E-state index in [0.717, 1.165) is 38.6 Å². The Kier molecular flexibility index (Phi) is 5.49. The van der Waals surface area contributed by atoms with E-state index in [9.17, 15) is 13.5 Å². The Labute approximate surface area is 191 Å². The highest BCUT2D eigenvalue weighted by atomic mass is 32.2. The number of hydrogen-bond donors (Lipinski definition) is 4. The third kappa shape index (κ3) is 4.04. The van der Waals surface area contributed by atoms with Gasteiger partial charge in [0.25, 0.3) is 0 Å². The maximum atomic E-state index is 13.2. The highest BCUT2D eigenvalue weighted by Gasteiger charge is 2.23. The average Bonchev–Trinajstić information content (AvgIpc) is 3.45. The van der Waals surface area contributed by atoms with Crippen molar-refractivity contribution in [3.8, 4) is 11.1 Å². The third-order valence-electron chi connectivity index (χ3n) is 5.92. The zero-order valence-electron chi connectivity index (χ0n) is 18.0. The fraction of sp³-hybridized carbons (Fsp3) is 0.160. The predicted molar refractivity (Wildman–Crippen MR) is 129 cm³/mol. The Morgan fingerprint density at radius 1 is 1.06 bits per heavy atom. The summed E-state index contributed by atoms with van der Waals surface area (Å²) in [5.41, 5.74) is 5.24. The first-order valence-electron chi connectivity index (χ1n) is 10.7. The van der Waals surface area contributed by atoms with E-state index in [4.69, 9.17) is 0 Å². The van der Waals surface area contributed by atoms with E-state index in [1.54, 1.807) is 25.3 Å². The molecule has 0 aliphatic carbocycles. The number of sulfonamides is 1. The number of nitrogens with one attached hydrogen (secondary N) is 3. The molecule has 5 rings (SSSR count). The van der Waals surface area contributed by atoms with Crippen LogP contribution in [0.1, 0.15) is 11.1 Å². The molecular weight excluding hydrogens is 436 g/mol. The number of aliphatic hydroxyl groups is 1. The van der Waals surface area contributed by atoms with E-state index in [1.807, 2.05) is 54.9 Å². The fourth-order valence-corrected chi connectivity index (χ4v) is 5.78. The van der Waals surface area contributed by atoms with E-state index in [2.05, 4.69) is 19.7 Å². The van der Waals surface area contributed by atoms with Crippen molar-refractivity contribution in [1.82, 2.24) is 19.7 Å². The molecule has 33 heavy (non-hydrogen) atoms. The quantitative estimate of drug-likeness (QED) is 0.295. The minimum absolute atomic E-state index is 0.197. The van der Waals surface area contributed by atoms with Gasteiger partial charge in [-0.05, 0) is 59.9 Å². The molecular formula is C25H24N4O3S. The molecule has 0 fully saturated rings. The first-order valence-corrected chi connectivity index (χ1v) is 12.2. The number of pyridine rings is 1. The second kappa shape index (κ2) is 8.47. The smallest absolute Gasteiger partial charge is 0.241 e. The maximum Gasteiger partial charge on any atom is 0.241 e. The molecule has 0 unspecified atom stereocenters. The van der Waals surface area contributed by atoms with Crippen LogP contribution in [-0.4, -0.2) is 41.1 Å². The number of rotatable bonds is 7. The molecule has 1 atom stereocenters. The van der Waals surface area contributed by atoms with Gasteiger partial charge in [-0.15, -0.1) is 0 Å². The van der Waals surface area contributed by atoms with Crippen LogP contribution in [0.4, 0.5) is 0 Å². The predicted octanol–water partition coefficient (Wildman–Crippen LogP) is 3.90. The number of nitrogens with zero attached hydrogens (tertiary/aromatic N) is 1. The first kappa shape index (κ1) is 21.4. The average molecular weight is 461 g/mol. The van der Waals surface area contributed by atoms with Crippen LogP contribution in [-0.2, 0) is 16.4 Å². The standard InChI is InChI=1S/C25H24N4O3S/c1-16-12-17(20-8-10-26-25-22(20)9-11-27-25)6-7-24(16)33(31,32)29-19(15-30)13-18-14-28-23-5-3-2-4-21(18)23/h2-12,14,19,28-30H,13,15H2,1H3,(H,26,27)/t19-/m1/s1. The molecule has 7 nitrogen and oxygen atoms in total. The van der Waals surface area contributed by atoms with E-state index in [0.29, 0.717) is 12.0 Å². The van der Waals surface area contributed by atoms with Crippen molar-refractivity contribution >= 4 is 32.0 Å². The summed E-state index contributed by atoms with van der Waals surface area (Å²) in [6.07, 6.45) is 5.79. The van der Waals surface area contributed by atoms with Crippen LogP contribution in [0, 0.1) is 6.92 Å². The molecule has 2 aromatic carbocycles. The summed E-state index contributed by atoms with van der Waals surface area (Å²) in [5.74, 6) is 0. The summed E-state index contributed by atoms with van der Waals surface area (Å²) in [6, 6.07) is 16.3. The van der Waals surface area contributed by atoms with Crippen LogP contribution < -0.4 is 4.72 Å². The van der Waals surface area contributed by atoms with Gasteiger partial charge in [0.05, 0.1) is 11.5 Å². The van der Waals surface area contributed by atoms with Crippen molar-refractivity contribution in [1.29, 1.82) is 0 Å². The summed E-state index contributed by atoms with van der Waals surface area (Å²) in [5, 5.41) is 11.9. The molecule has 0 amide bonds. The maximum absolute atomic E-state index is 13.2. The van der Waals surface area contributed by atoms with Gasteiger partial charge in [0.2, 0.25) is 10.0 Å². The highest BCUT2D eigenvalue weighted by Crippen LogP contribution is 2.30. The number of para-hydroxylation sites is 1. The van der Waals surface area contributed by atoms with Crippen molar-refractivity contribution < 1.29 is 13.5 Å². The Morgan fingerprint density at radius 2 is 1.91 bits per heavy atom. The van der Waals surface area contributed by atoms with Gasteiger partial charge in [0.1, 0.15) is 5.65 Å². The van der Waals surface area contributed by atoms with Crippen LogP contribution in [0.2, 0.25) is 0 Å². The minimum atomic E-state index is -3.83. The molecule has 3 aromatic heterocycles. The van der Waals surface area contributed by atoms with Gasteiger partial charge in [0.15, 0.2) is 0 Å². The lowest BCUT2D eigenvalue weighted by atomic mass is 10.0. The highest BCUT2D eigenvalue weighted by molar-refractivity contribution is 7.89. The number of benzene rings is 2. The Hall–Kier alpha value is -3.46. The summed E-state index contributed by atoms with van der Waals surface area (Å²) in [4.78, 5) is 10.8. The normalized spacial score (nSPS) is 13.0. The molecule has 168 valence electrons. The van der Waals surface area contributed by atoms with Gasteiger partial charge in [-0.3, -0.25) is 0 Å². The summed E-state index contributed by atoms with van der Waals surface area (Å²) in [6.45, 7) is 1.47. The van der Waals surface area contributed by atoms with Gasteiger partial charge >= 0.3 is 0 Å². The van der Waals surface area contributed by atoms with Crippen molar-refractivity contribution in [2.45, 2.75) is 24.3 Å². The van der Waals surface area contributed by atoms with Crippen molar-refractivity contribution in [2.75, 3.05) is 6.61 Å². The van der Waals surface area contributed by atoms with Gasteiger partial charge < -0.3 is 15.1 Å². The summed E-state index contributed by atoms with van der Waals surface area (Å²) >= 11 is 0. The monoisotopic (exact) mass is 460 g/mol. The molecule has 3 heterocycles. The lowest BCUT2D eigenvalue weighted by molar-refractivity contribution is 0.256. The molecule has 0 saturated carbocycles. The Balaban J connectivity index is 1.41. The number of aryl methyl sites for hydroxylation is 1. The van der Waals surface area contributed by atoms with Gasteiger partial charge in [-0.25, -0.2) is 18.1 Å². The summed E-state index contributed by atoms with van der Waals surface area (Å²) in [7, 11) is -3.83.